The Bertz CT molecular complexity index is 1360. The summed E-state index contributed by atoms with van der Waals surface area (Å²) in [5, 5.41) is 23.5. The molecule has 2 amide bonds. The number of carboxylic acid groups (broad SMARTS) is 1. The van der Waals surface area contributed by atoms with E-state index in [0.29, 0.717) is 0 Å². The molecule has 0 aliphatic rings. The number of rotatable bonds is 7. The molecule has 1 aromatic heterocycles. The van der Waals surface area contributed by atoms with Crippen LogP contribution in [0.2, 0.25) is 0 Å². The van der Waals surface area contributed by atoms with Crippen molar-refractivity contribution in [1.29, 1.82) is 0 Å². The predicted octanol–water partition coefficient (Wildman–Crippen LogP) is 4.13. The van der Waals surface area contributed by atoms with Crippen LogP contribution in [0.1, 0.15) is 18.0 Å². The van der Waals surface area contributed by atoms with Gasteiger partial charge >= 0.3 is 18.4 Å². The molecular formula is C23H19F4N3O6. The van der Waals surface area contributed by atoms with Crippen molar-refractivity contribution in [3.63, 3.8) is 0 Å². The molecule has 9 nitrogen and oxygen atoms in total. The van der Waals surface area contributed by atoms with E-state index in [0.717, 1.165) is 28.8 Å². The Kier molecular flexibility index (Phi) is 7.51. The zero-order valence-corrected chi connectivity index (χ0v) is 18.5. The fraction of sp³-hybridized carbons (Fsp3) is 0.174. The summed E-state index contributed by atoms with van der Waals surface area (Å²) in [6.45, 7) is 0. The molecule has 2 aromatic carbocycles. The summed E-state index contributed by atoms with van der Waals surface area (Å²) in [4.78, 5) is 36.1. The summed E-state index contributed by atoms with van der Waals surface area (Å²) >= 11 is 0. The average molecular weight is 509 g/mol. The summed E-state index contributed by atoms with van der Waals surface area (Å²) in [5.74, 6) is -3.36. The second kappa shape index (κ2) is 10.4. The third kappa shape index (κ3) is 6.52. The van der Waals surface area contributed by atoms with Crippen molar-refractivity contribution < 1.29 is 42.1 Å². The Hall–Kier alpha value is -4.55. The monoisotopic (exact) mass is 509 g/mol. The molecule has 4 N–H and O–H groups in total. The number of ether oxygens (including phenoxy) is 1. The second-order valence-electron chi connectivity index (χ2n) is 7.55. The third-order valence-electron chi connectivity index (χ3n) is 4.94. The third-order valence-corrected chi connectivity index (χ3v) is 4.94. The minimum Gasteiger partial charge on any atom is -0.505 e. The molecule has 1 heterocycles. The van der Waals surface area contributed by atoms with Gasteiger partial charge in [-0.3, -0.25) is 9.59 Å². The maximum Gasteiger partial charge on any atom is 0.573 e. The lowest BCUT2D eigenvalue weighted by atomic mass is 9.97. The Morgan fingerprint density at radius 3 is 2.47 bits per heavy atom. The number of carboxylic acids is 1. The molecule has 36 heavy (non-hydrogen) atoms. The first kappa shape index (κ1) is 26.1. The first-order chi connectivity index (χ1) is 16.8. The number of urea groups is 1. The van der Waals surface area contributed by atoms with Gasteiger partial charge in [0.05, 0.1) is 12.5 Å². The number of pyridine rings is 1. The van der Waals surface area contributed by atoms with E-state index in [1.807, 2.05) is 0 Å². The average Bonchev–Trinajstić information content (AvgIpc) is 2.78. The van der Waals surface area contributed by atoms with E-state index >= 15 is 0 Å². The molecule has 0 fully saturated rings. The van der Waals surface area contributed by atoms with Crippen LogP contribution < -0.4 is 20.9 Å². The molecule has 0 saturated carbocycles. The summed E-state index contributed by atoms with van der Waals surface area (Å²) in [6, 6.07) is 6.84. The number of nitrogens with one attached hydrogen (secondary N) is 2. The number of anilines is 1. The lowest BCUT2D eigenvalue weighted by Crippen LogP contribution is -2.36. The van der Waals surface area contributed by atoms with E-state index in [-0.39, 0.29) is 16.7 Å². The van der Waals surface area contributed by atoms with Crippen LogP contribution in [0.3, 0.4) is 0 Å². The number of hydrogen-bond donors (Lipinski definition) is 4. The highest BCUT2D eigenvalue weighted by molar-refractivity contribution is 5.91. The highest BCUT2D eigenvalue weighted by Gasteiger charge is 2.31. The maximum absolute atomic E-state index is 14.7. The molecule has 3 aromatic rings. The van der Waals surface area contributed by atoms with Crippen LogP contribution in [0.15, 0.2) is 59.5 Å². The molecule has 190 valence electrons. The highest BCUT2D eigenvalue weighted by atomic mass is 19.4. The van der Waals surface area contributed by atoms with Crippen LogP contribution in [-0.4, -0.2) is 33.1 Å². The smallest absolute Gasteiger partial charge is 0.505 e. The summed E-state index contributed by atoms with van der Waals surface area (Å²) in [6.07, 6.45) is -4.45. The quantitative estimate of drug-likeness (QED) is 0.355. The van der Waals surface area contributed by atoms with Crippen LogP contribution >= 0.6 is 0 Å². The number of aryl methyl sites for hydroxylation is 1. The minimum absolute atomic E-state index is 0.203. The van der Waals surface area contributed by atoms with Crippen LogP contribution in [0.25, 0.3) is 11.1 Å². The van der Waals surface area contributed by atoms with Gasteiger partial charge in [0.15, 0.2) is 5.69 Å². The van der Waals surface area contributed by atoms with Gasteiger partial charge in [-0.1, -0.05) is 18.2 Å². The number of benzene rings is 2. The van der Waals surface area contributed by atoms with Gasteiger partial charge in [-0.15, -0.1) is 13.2 Å². The standard InChI is InChI=1S/C23H19F4N3O6/c1-30-8-7-18(31)20(21(30)34)29-22(35)28-17(11-19(32)33)15-10-13(5-6-16(15)24)12-3-2-4-14(9-12)36-23(25,26)27/h2-10,17,31H,11H2,1H3,(H,32,33)(H2,28,29,35). The Morgan fingerprint density at radius 2 is 1.81 bits per heavy atom. The van der Waals surface area contributed by atoms with Crippen molar-refractivity contribution in [2.75, 3.05) is 5.32 Å². The van der Waals surface area contributed by atoms with Crippen molar-refractivity contribution in [2.45, 2.75) is 18.8 Å². The molecule has 3 rings (SSSR count). The van der Waals surface area contributed by atoms with Gasteiger partial charge in [-0.25, -0.2) is 9.18 Å². The number of halogens is 4. The van der Waals surface area contributed by atoms with E-state index < -0.39 is 59.4 Å². The molecule has 1 unspecified atom stereocenters. The number of aromatic nitrogens is 1. The van der Waals surface area contributed by atoms with Gasteiger partial charge in [0.25, 0.3) is 5.56 Å². The molecule has 0 aliphatic heterocycles. The largest absolute Gasteiger partial charge is 0.573 e. The summed E-state index contributed by atoms with van der Waals surface area (Å²) in [7, 11) is 1.37. The topological polar surface area (TPSA) is 130 Å². The van der Waals surface area contributed by atoms with Crippen LogP contribution in [-0.2, 0) is 11.8 Å². The van der Waals surface area contributed by atoms with Gasteiger partial charge in [0.1, 0.15) is 17.3 Å². The van der Waals surface area contributed by atoms with Crippen LogP contribution in [0, 0.1) is 5.82 Å². The molecule has 0 spiro atoms. The molecule has 0 bridgehead atoms. The Morgan fingerprint density at radius 1 is 1.11 bits per heavy atom. The second-order valence-corrected chi connectivity index (χ2v) is 7.55. The van der Waals surface area contributed by atoms with Crippen LogP contribution in [0.5, 0.6) is 11.5 Å². The lowest BCUT2D eigenvalue weighted by molar-refractivity contribution is -0.274. The van der Waals surface area contributed by atoms with Gasteiger partial charge in [0, 0.05) is 18.8 Å². The number of hydrogen-bond acceptors (Lipinski definition) is 5. The van der Waals surface area contributed by atoms with Gasteiger partial charge in [-0.05, 0) is 41.5 Å². The predicted molar refractivity (Wildman–Crippen MR) is 119 cm³/mol. The Balaban J connectivity index is 1.92. The first-order valence-electron chi connectivity index (χ1n) is 10.2. The molecule has 0 aliphatic carbocycles. The fourth-order valence-electron chi connectivity index (χ4n) is 3.32. The SMILES string of the molecule is Cn1ccc(O)c(NC(=O)NC(CC(=O)O)c2cc(-c3cccc(OC(F)(F)F)c3)ccc2F)c1=O. The van der Waals surface area contributed by atoms with E-state index in [1.54, 1.807) is 0 Å². The van der Waals surface area contributed by atoms with Crippen LogP contribution in [0.4, 0.5) is 28.0 Å². The van der Waals surface area contributed by atoms with Gasteiger partial charge in [0.2, 0.25) is 0 Å². The first-order valence-corrected chi connectivity index (χ1v) is 10.2. The zero-order valence-electron chi connectivity index (χ0n) is 18.5. The molecule has 0 saturated heterocycles. The number of amides is 2. The zero-order chi connectivity index (χ0) is 26.6. The molecule has 13 heteroatoms. The number of carbonyl (C=O) groups excluding carboxylic acids is 1. The maximum atomic E-state index is 14.7. The number of nitrogens with zero attached hydrogens (tertiary/aromatic N) is 1. The van der Waals surface area contributed by atoms with Gasteiger partial charge < -0.3 is 30.2 Å². The molecule has 0 radical (unpaired) electrons. The lowest BCUT2D eigenvalue weighted by Gasteiger charge is -2.20. The van der Waals surface area contributed by atoms with Crippen molar-refractivity contribution in [3.8, 4) is 22.6 Å². The normalized spacial score (nSPS) is 12.0. The van der Waals surface area contributed by atoms with Gasteiger partial charge in [-0.2, -0.15) is 0 Å². The van der Waals surface area contributed by atoms with E-state index in [1.165, 1.54) is 37.5 Å². The van der Waals surface area contributed by atoms with E-state index in [9.17, 15) is 42.2 Å². The fourth-order valence-corrected chi connectivity index (χ4v) is 3.32. The number of aliphatic carboxylic acids is 1. The Labute approximate surface area is 200 Å². The number of alkyl halides is 3. The van der Waals surface area contributed by atoms with E-state index in [2.05, 4.69) is 15.4 Å². The summed E-state index contributed by atoms with van der Waals surface area (Å²) < 4.78 is 57.4. The summed E-state index contributed by atoms with van der Waals surface area (Å²) in [5.41, 5.74) is -1.10. The van der Waals surface area contributed by atoms with Crippen molar-refractivity contribution in [3.05, 3.63) is 76.5 Å². The molecule has 1 atom stereocenters. The van der Waals surface area contributed by atoms with E-state index in [4.69, 9.17) is 0 Å². The number of carbonyl (C=O) groups is 2. The molecular weight excluding hydrogens is 490 g/mol. The number of aromatic hydroxyl groups is 1. The van der Waals surface area contributed by atoms with Crippen molar-refractivity contribution >= 4 is 17.7 Å². The highest BCUT2D eigenvalue weighted by Crippen LogP contribution is 2.31. The van der Waals surface area contributed by atoms with Crippen molar-refractivity contribution in [1.82, 2.24) is 9.88 Å². The minimum atomic E-state index is -4.93. The van der Waals surface area contributed by atoms with Crippen molar-refractivity contribution in [2.24, 2.45) is 7.05 Å².